The summed E-state index contributed by atoms with van der Waals surface area (Å²) in [6.07, 6.45) is -0.627. The van der Waals surface area contributed by atoms with Crippen LogP contribution in [0, 0.1) is 10.1 Å². The Balaban J connectivity index is 3.39. The Morgan fingerprint density at radius 2 is 2.16 bits per heavy atom. The molecule has 0 amide bonds. The van der Waals surface area contributed by atoms with Crippen LogP contribution in [0.25, 0.3) is 0 Å². The number of nitro groups is 1. The van der Waals surface area contributed by atoms with Gasteiger partial charge in [-0.3, -0.25) is 19.7 Å². The molecule has 1 N–H and O–H groups in total. The summed E-state index contributed by atoms with van der Waals surface area (Å²) in [4.78, 5) is 31.1. The molecule has 1 aromatic rings. The van der Waals surface area contributed by atoms with Crippen LogP contribution >= 0.6 is 0 Å². The quantitative estimate of drug-likeness (QED) is 0.480. The smallest absolute Gasteiger partial charge is 0.387 e. The Bertz CT molecular complexity index is 531. The van der Waals surface area contributed by atoms with Crippen molar-refractivity contribution >= 4 is 17.9 Å². The molecule has 7 nitrogen and oxygen atoms in total. The second kappa shape index (κ2) is 5.85. The number of carbonyl (C=O) groups is 2. The summed E-state index contributed by atoms with van der Waals surface area (Å²) < 4.78 is 28.1. The van der Waals surface area contributed by atoms with Gasteiger partial charge in [0, 0.05) is 0 Å². The van der Waals surface area contributed by atoms with Gasteiger partial charge in [-0.05, 0) is 11.6 Å². The lowest BCUT2D eigenvalue weighted by molar-refractivity contribution is -0.385. The summed E-state index contributed by atoms with van der Waals surface area (Å²) >= 11 is 0. The van der Waals surface area contributed by atoms with Crippen molar-refractivity contribution in [1.82, 2.24) is 0 Å². The number of benzene rings is 1. The summed E-state index contributed by atoms with van der Waals surface area (Å²) in [5.74, 6) is -1.95. The first-order valence-corrected chi connectivity index (χ1v) is 4.78. The second-order valence-electron chi connectivity index (χ2n) is 3.34. The molecule has 0 aliphatic rings. The van der Waals surface area contributed by atoms with Gasteiger partial charge in [0.2, 0.25) is 0 Å². The third-order valence-electron chi connectivity index (χ3n) is 2.10. The molecule has 0 heterocycles. The van der Waals surface area contributed by atoms with Crippen LogP contribution in [-0.4, -0.2) is 28.9 Å². The number of aldehydes is 1. The van der Waals surface area contributed by atoms with Gasteiger partial charge < -0.3 is 9.84 Å². The molecule has 19 heavy (non-hydrogen) atoms. The second-order valence-corrected chi connectivity index (χ2v) is 3.34. The van der Waals surface area contributed by atoms with E-state index >= 15 is 0 Å². The molecule has 0 aliphatic carbocycles. The standard InChI is InChI=1S/C10H7F2NO6/c11-10(12)19-6-1-5(2-9(15)16)7(4-14)8(3-6)13(17)18/h1,3-4,10H,2H2,(H,15,16). The van der Waals surface area contributed by atoms with Gasteiger partial charge in [-0.25, -0.2) is 0 Å². The number of rotatable bonds is 6. The summed E-state index contributed by atoms with van der Waals surface area (Å²) in [7, 11) is 0. The Morgan fingerprint density at radius 3 is 2.58 bits per heavy atom. The molecule has 0 aliphatic heterocycles. The van der Waals surface area contributed by atoms with Crippen molar-refractivity contribution in [3.63, 3.8) is 0 Å². The monoisotopic (exact) mass is 275 g/mol. The lowest BCUT2D eigenvalue weighted by atomic mass is 10.0. The number of halogens is 2. The van der Waals surface area contributed by atoms with Crippen molar-refractivity contribution in [2.24, 2.45) is 0 Å². The first-order valence-electron chi connectivity index (χ1n) is 4.78. The zero-order valence-corrected chi connectivity index (χ0v) is 9.21. The SMILES string of the molecule is O=Cc1c(CC(=O)O)cc(OC(F)F)cc1[N+](=O)[O-]. The fourth-order valence-corrected chi connectivity index (χ4v) is 1.44. The number of hydrogen-bond acceptors (Lipinski definition) is 5. The van der Waals surface area contributed by atoms with Gasteiger partial charge in [0.05, 0.1) is 23.0 Å². The van der Waals surface area contributed by atoms with E-state index in [9.17, 15) is 28.5 Å². The van der Waals surface area contributed by atoms with Crippen molar-refractivity contribution in [3.8, 4) is 5.75 Å². The molecular weight excluding hydrogens is 268 g/mol. The molecule has 0 fully saturated rings. The van der Waals surface area contributed by atoms with E-state index in [0.717, 1.165) is 6.07 Å². The molecule has 102 valence electrons. The number of nitro benzene ring substituents is 1. The van der Waals surface area contributed by atoms with E-state index in [0.29, 0.717) is 6.07 Å². The average molecular weight is 275 g/mol. The number of carboxylic acids is 1. The topological polar surface area (TPSA) is 107 Å². The van der Waals surface area contributed by atoms with Crippen LogP contribution in [0.3, 0.4) is 0 Å². The lowest BCUT2D eigenvalue weighted by Gasteiger charge is -2.08. The van der Waals surface area contributed by atoms with Crippen LogP contribution in [0.15, 0.2) is 12.1 Å². The Morgan fingerprint density at radius 1 is 1.53 bits per heavy atom. The maximum atomic E-state index is 12.1. The number of nitrogens with zero attached hydrogens (tertiary/aromatic N) is 1. The van der Waals surface area contributed by atoms with Crippen molar-refractivity contribution < 1.29 is 33.1 Å². The highest BCUT2D eigenvalue weighted by Gasteiger charge is 2.22. The third kappa shape index (κ3) is 3.69. The molecule has 1 rings (SSSR count). The van der Waals surface area contributed by atoms with E-state index in [1.165, 1.54) is 0 Å². The van der Waals surface area contributed by atoms with Gasteiger partial charge >= 0.3 is 12.6 Å². The number of hydrogen-bond donors (Lipinski definition) is 1. The number of alkyl halides is 2. The highest BCUT2D eigenvalue weighted by Crippen LogP contribution is 2.29. The van der Waals surface area contributed by atoms with Crippen LogP contribution in [0.2, 0.25) is 0 Å². The normalized spacial score (nSPS) is 10.3. The van der Waals surface area contributed by atoms with Gasteiger partial charge in [0.25, 0.3) is 5.69 Å². The fraction of sp³-hybridized carbons (Fsp3) is 0.200. The lowest BCUT2D eigenvalue weighted by Crippen LogP contribution is -2.08. The van der Waals surface area contributed by atoms with Gasteiger partial charge in [-0.2, -0.15) is 8.78 Å². The minimum absolute atomic E-state index is 0.0998. The van der Waals surface area contributed by atoms with Crippen LogP contribution < -0.4 is 4.74 Å². The van der Waals surface area contributed by atoms with Crippen LogP contribution in [-0.2, 0) is 11.2 Å². The van der Waals surface area contributed by atoms with E-state index in [2.05, 4.69) is 4.74 Å². The summed E-state index contributed by atoms with van der Waals surface area (Å²) in [6, 6.07) is 1.50. The van der Waals surface area contributed by atoms with Gasteiger partial charge in [-0.1, -0.05) is 0 Å². The van der Waals surface area contributed by atoms with Crippen LogP contribution in [0.1, 0.15) is 15.9 Å². The van der Waals surface area contributed by atoms with E-state index < -0.39 is 40.9 Å². The maximum absolute atomic E-state index is 12.1. The number of ether oxygens (including phenoxy) is 1. The van der Waals surface area contributed by atoms with Crippen molar-refractivity contribution in [3.05, 3.63) is 33.4 Å². The molecule has 0 atom stereocenters. The molecule has 1 aromatic carbocycles. The summed E-state index contributed by atoms with van der Waals surface area (Å²) in [5, 5.41) is 19.3. The minimum Gasteiger partial charge on any atom is -0.481 e. The zero-order chi connectivity index (χ0) is 14.6. The first kappa shape index (κ1) is 14.5. The van der Waals surface area contributed by atoms with Gasteiger partial charge in [0.1, 0.15) is 5.75 Å². The molecule has 0 saturated carbocycles. The maximum Gasteiger partial charge on any atom is 0.387 e. The van der Waals surface area contributed by atoms with E-state index in [1.54, 1.807) is 0 Å². The highest BCUT2D eigenvalue weighted by molar-refractivity contribution is 5.87. The summed E-state index contributed by atoms with van der Waals surface area (Å²) in [5.41, 5.74) is -1.54. The highest BCUT2D eigenvalue weighted by atomic mass is 19.3. The fourth-order valence-electron chi connectivity index (χ4n) is 1.44. The predicted octanol–water partition coefficient (Wildman–Crippen LogP) is 1.64. The van der Waals surface area contributed by atoms with Crippen molar-refractivity contribution in [2.75, 3.05) is 0 Å². The number of carbonyl (C=O) groups excluding carboxylic acids is 1. The molecule has 0 radical (unpaired) electrons. The van der Waals surface area contributed by atoms with Crippen LogP contribution in [0.5, 0.6) is 5.75 Å². The summed E-state index contributed by atoms with van der Waals surface area (Å²) in [6.45, 7) is -3.22. The molecular formula is C10H7F2NO6. The molecule has 9 heteroatoms. The first-order chi connectivity index (χ1) is 8.85. The Hall–Kier alpha value is -2.58. The number of carboxylic acid groups (broad SMARTS) is 1. The average Bonchev–Trinajstić information content (AvgIpc) is 2.26. The number of aliphatic carboxylic acids is 1. The molecule has 0 aromatic heterocycles. The Labute approximate surface area is 104 Å². The van der Waals surface area contributed by atoms with E-state index in [1.807, 2.05) is 0 Å². The van der Waals surface area contributed by atoms with E-state index in [4.69, 9.17) is 5.11 Å². The van der Waals surface area contributed by atoms with Gasteiger partial charge in [-0.15, -0.1) is 0 Å². The Kier molecular flexibility index (Phi) is 4.46. The molecule has 0 unspecified atom stereocenters. The molecule has 0 spiro atoms. The zero-order valence-electron chi connectivity index (χ0n) is 9.21. The van der Waals surface area contributed by atoms with E-state index in [-0.39, 0.29) is 11.8 Å². The largest absolute Gasteiger partial charge is 0.481 e. The third-order valence-corrected chi connectivity index (χ3v) is 2.10. The predicted molar refractivity (Wildman–Crippen MR) is 56.5 cm³/mol. The molecule has 0 saturated heterocycles. The van der Waals surface area contributed by atoms with Crippen molar-refractivity contribution in [2.45, 2.75) is 13.0 Å². The van der Waals surface area contributed by atoms with Crippen LogP contribution in [0.4, 0.5) is 14.5 Å². The van der Waals surface area contributed by atoms with Gasteiger partial charge in [0.15, 0.2) is 6.29 Å². The van der Waals surface area contributed by atoms with Crippen molar-refractivity contribution in [1.29, 1.82) is 0 Å². The minimum atomic E-state index is -3.22. The molecule has 0 bridgehead atoms.